The Morgan fingerprint density at radius 3 is 2.31 bits per heavy atom. The average Bonchev–Trinajstić information content (AvgIpc) is 3.02. The van der Waals surface area contributed by atoms with Crippen LogP contribution in [-0.4, -0.2) is 33.0 Å². The Bertz CT molecular complexity index is 1110. The minimum absolute atomic E-state index is 0.0780. The highest BCUT2D eigenvalue weighted by Crippen LogP contribution is 2.61. The Morgan fingerprint density at radius 1 is 1.19 bits per heavy atom. The smallest absolute Gasteiger partial charge is 0.300 e. The number of carboxylic acids is 1. The molecule has 1 fully saturated rings. The van der Waals surface area contributed by atoms with Crippen LogP contribution < -0.4 is 11.1 Å². The third kappa shape index (κ3) is 5.26. The van der Waals surface area contributed by atoms with Gasteiger partial charge in [-0.05, 0) is 30.2 Å². The summed E-state index contributed by atoms with van der Waals surface area (Å²) in [7, 11) is 0. The lowest BCUT2D eigenvalue weighted by Gasteiger charge is -2.05. The van der Waals surface area contributed by atoms with Crippen molar-refractivity contribution in [3.8, 4) is 11.1 Å². The van der Waals surface area contributed by atoms with Gasteiger partial charge in [0, 0.05) is 31.2 Å². The van der Waals surface area contributed by atoms with E-state index in [-0.39, 0.29) is 30.3 Å². The second-order valence-corrected chi connectivity index (χ2v) is 7.70. The van der Waals surface area contributed by atoms with E-state index < -0.39 is 17.3 Å². The number of anilines is 2. The van der Waals surface area contributed by atoms with Crippen molar-refractivity contribution in [1.82, 2.24) is 10.1 Å². The van der Waals surface area contributed by atoms with E-state index in [0.717, 1.165) is 23.6 Å². The second-order valence-electron chi connectivity index (χ2n) is 7.70. The number of hydrogen-bond donors (Lipinski definition) is 3. The maximum Gasteiger partial charge on any atom is 0.300 e. The lowest BCUT2D eigenvalue weighted by atomic mass is 10.0. The third-order valence-corrected chi connectivity index (χ3v) is 5.02. The van der Waals surface area contributed by atoms with Crippen LogP contribution in [0.2, 0.25) is 0 Å². The summed E-state index contributed by atoms with van der Waals surface area (Å²) in [5, 5.41) is 13.7. The molecule has 0 saturated heterocycles. The van der Waals surface area contributed by atoms with Crippen LogP contribution >= 0.6 is 0 Å². The number of nitrogen functional groups attached to an aromatic ring is 1. The molecule has 1 saturated carbocycles. The summed E-state index contributed by atoms with van der Waals surface area (Å²) in [4.78, 5) is 25.3. The van der Waals surface area contributed by atoms with Gasteiger partial charge in [-0.3, -0.25) is 9.59 Å². The number of alkyl halides is 2. The van der Waals surface area contributed by atoms with Gasteiger partial charge in [0.2, 0.25) is 5.91 Å². The second kappa shape index (κ2) is 8.74. The van der Waals surface area contributed by atoms with E-state index in [4.69, 9.17) is 20.2 Å². The average molecular weight is 444 g/mol. The number of aromatic nitrogens is 2. The molecule has 0 radical (unpaired) electrons. The molecule has 2 heterocycles. The summed E-state index contributed by atoms with van der Waals surface area (Å²) in [6.07, 6.45) is 1.53. The van der Waals surface area contributed by atoms with Crippen LogP contribution in [0.25, 0.3) is 11.1 Å². The minimum atomic E-state index is -2.80. The van der Waals surface area contributed by atoms with Gasteiger partial charge in [0.1, 0.15) is 5.82 Å². The summed E-state index contributed by atoms with van der Waals surface area (Å²) < 4.78 is 31.8. The fraction of sp³-hybridized carbons (Fsp3) is 0.273. The molecule has 4 rings (SSSR count). The first-order valence-corrected chi connectivity index (χ1v) is 9.65. The van der Waals surface area contributed by atoms with Crippen LogP contribution in [0.3, 0.4) is 0 Å². The molecule has 0 spiro atoms. The molecular formula is C22H22F2N4O4. The molecule has 0 aliphatic heterocycles. The molecule has 3 aromatic rings. The molecule has 1 unspecified atom stereocenters. The monoisotopic (exact) mass is 444 g/mol. The number of amides is 1. The van der Waals surface area contributed by atoms with E-state index in [1.54, 1.807) is 12.3 Å². The normalized spacial score (nSPS) is 18.2. The number of nitrogens with two attached hydrogens (primary N) is 1. The van der Waals surface area contributed by atoms with Gasteiger partial charge in [0.25, 0.3) is 11.9 Å². The molecule has 8 nitrogen and oxygen atoms in total. The quantitative estimate of drug-likeness (QED) is 0.544. The van der Waals surface area contributed by atoms with E-state index >= 15 is 0 Å². The Hall–Kier alpha value is -3.82. The van der Waals surface area contributed by atoms with Crippen LogP contribution in [0.5, 0.6) is 0 Å². The SMILES string of the molecule is CC(=O)O.CC1(c2cc(NC(=O)Cc3ccc(-c4ccc(N)nc4)cc3)no2)CC1(F)F. The number of nitrogens with zero attached hydrogens (tertiary/aromatic N) is 2. The number of rotatable bonds is 5. The summed E-state index contributed by atoms with van der Waals surface area (Å²) in [5.74, 6) is -3.28. The first-order valence-electron chi connectivity index (χ1n) is 9.65. The lowest BCUT2D eigenvalue weighted by molar-refractivity contribution is -0.134. The van der Waals surface area contributed by atoms with Gasteiger partial charge < -0.3 is 20.7 Å². The maximum atomic E-state index is 13.4. The zero-order valence-electron chi connectivity index (χ0n) is 17.4. The van der Waals surface area contributed by atoms with E-state index in [2.05, 4.69) is 15.5 Å². The van der Waals surface area contributed by atoms with Crippen molar-refractivity contribution in [3.05, 3.63) is 60.0 Å². The van der Waals surface area contributed by atoms with Crippen LogP contribution in [0, 0.1) is 0 Å². The Morgan fingerprint density at radius 2 is 1.78 bits per heavy atom. The van der Waals surface area contributed by atoms with Crippen molar-refractivity contribution in [2.75, 3.05) is 11.1 Å². The van der Waals surface area contributed by atoms with Gasteiger partial charge in [-0.2, -0.15) is 0 Å². The van der Waals surface area contributed by atoms with Crippen LogP contribution in [0.4, 0.5) is 20.4 Å². The highest BCUT2D eigenvalue weighted by molar-refractivity contribution is 5.91. The van der Waals surface area contributed by atoms with Crippen molar-refractivity contribution in [3.63, 3.8) is 0 Å². The molecule has 10 heteroatoms. The molecule has 168 valence electrons. The molecular weight excluding hydrogens is 422 g/mol. The van der Waals surface area contributed by atoms with Gasteiger partial charge in [-0.1, -0.05) is 29.4 Å². The molecule has 1 aliphatic carbocycles. The van der Waals surface area contributed by atoms with Gasteiger partial charge >= 0.3 is 0 Å². The van der Waals surface area contributed by atoms with Crippen LogP contribution in [0.15, 0.2) is 53.2 Å². The minimum Gasteiger partial charge on any atom is -0.481 e. The van der Waals surface area contributed by atoms with Crippen molar-refractivity contribution in [1.29, 1.82) is 0 Å². The molecule has 0 bridgehead atoms. The van der Waals surface area contributed by atoms with Gasteiger partial charge in [0.15, 0.2) is 11.6 Å². The molecule has 1 atom stereocenters. The topological polar surface area (TPSA) is 131 Å². The molecule has 1 aliphatic rings. The van der Waals surface area contributed by atoms with E-state index in [0.29, 0.717) is 5.82 Å². The molecule has 1 aromatic carbocycles. The number of nitrogens with one attached hydrogen (secondary N) is 1. The van der Waals surface area contributed by atoms with E-state index in [1.165, 1.54) is 13.0 Å². The Kier molecular flexibility index (Phi) is 6.24. The predicted octanol–water partition coefficient (Wildman–Crippen LogP) is 3.89. The Balaban J connectivity index is 0.000000668. The molecule has 1 amide bonds. The first-order chi connectivity index (χ1) is 15.0. The maximum absolute atomic E-state index is 13.4. The first kappa shape index (κ1) is 22.9. The van der Waals surface area contributed by atoms with Crippen LogP contribution in [0.1, 0.15) is 31.6 Å². The van der Waals surface area contributed by atoms with Crippen molar-refractivity contribution in [2.24, 2.45) is 0 Å². The third-order valence-electron chi connectivity index (χ3n) is 5.02. The number of pyridine rings is 1. The van der Waals surface area contributed by atoms with Crippen molar-refractivity contribution in [2.45, 2.75) is 38.0 Å². The number of carbonyl (C=O) groups is 2. The van der Waals surface area contributed by atoms with Crippen LogP contribution in [-0.2, 0) is 21.4 Å². The van der Waals surface area contributed by atoms with E-state index in [1.807, 2.05) is 30.3 Å². The van der Waals surface area contributed by atoms with E-state index in [9.17, 15) is 13.6 Å². The van der Waals surface area contributed by atoms with Crippen molar-refractivity contribution < 1.29 is 28.0 Å². The zero-order chi connectivity index (χ0) is 23.5. The predicted molar refractivity (Wildman–Crippen MR) is 113 cm³/mol. The fourth-order valence-electron chi connectivity index (χ4n) is 3.02. The zero-order valence-corrected chi connectivity index (χ0v) is 17.4. The van der Waals surface area contributed by atoms with Gasteiger partial charge in [0.05, 0.1) is 11.8 Å². The number of carbonyl (C=O) groups excluding carboxylic acids is 1. The number of hydrogen-bond acceptors (Lipinski definition) is 6. The number of carboxylic acid groups (broad SMARTS) is 1. The molecule has 4 N–H and O–H groups in total. The fourth-order valence-corrected chi connectivity index (χ4v) is 3.02. The summed E-state index contributed by atoms with van der Waals surface area (Å²) >= 11 is 0. The number of aliphatic carboxylic acids is 1. The standard InChI is InChI=1S/C20H18F2N4O2.C2H4O2/c1-19(11-20(19,21)22)15-9-17(26-28-15)25-18(27)8-12-2-4-13(5-3-12)14-6-7-16(23)24-10-14;1-2(3)4/h2-7,9-10H,8,11H2,1H3,(H2,23,24)(H,25,26,27);1H3,(H,3,4). The number of benzene rings is 1. The molecule has 32 heavy (non-hydrogen) atoms. The number of halogens is 2. The summed E-state index contributed by atoms with van der Waals surface area (Å²) in [5.41, 5.74) is 6.92. The highest BCUT2D eigenvalue weighted by Gasteiger charge is 2.71. The summed E-state index contributed by atoms with van der Waals surface area (Å²) in [6.45, 7) is 2.50. The van der Waals surface area contributed by atoms with Gasteiger partial charge in [-0.25, -0.2) is 13.8 Å². The van der Waals surface area contributed by atoms with Gasteiger partial charge in [-0.15, -0.1) is 0 Å². The Labute approximate surface area is 182 Å². The summed E-state index contributed by atoms with van der Waals surface area (Å²) in [6, 6.07) is 12.4. The largest absolute Gasteiger partial charge is 0.481 e. The van der Waals surface area contributed by atoms with Crippen molar-refractivity contribution >= 4 is 23.5 Å². The highest BCUT2D eigenvalue weighted by atomic mass is 19.3. The lowest BCUT2D eigenvalue weighted by Crippen LogP contribution is -2.14. The molecule has 2 aromatic heterocycles.